The maximum absolute atomic E-state index is 13.5. The first-order valence-electron chi connectivity index (χ1n) is 7.78. The number of carboxylic acid groups (broad SMARTS) is 1. The van der Waals surface area contributed by atoms with Crippen molar-refractivity contribution in [1.82, 2.24) is 4.90 Å². The zero-order valence-electron chi connectivity index (χ0n) is 13.8. The molecule has 0 aliphatic carbocycles. The summed E-state index contributed by atoms with van der Waals surface area (Å²) in [6, 6.07) is 3.69. The van der Waals surface area contributed by atoms with Crippen LogP contribution in [0.15, 0.2) is 18.2 Å². The van der Waals surface area contributed by atoms with Gasteiger partial charge in [0, 0.05) is 25.1 Å². The highest BCUT2D eigenvalue weighted by Crippen LogP contribution is 2.30. The Morgan fingerprint density at radius 3 is 2.35 bits per heavy atom. The highest BCUT2D eigenvalue weighted by Gasteiger charge is 2.28. The zero-order valence-corrected chi connectivity index (χ0v) is 13.8. The fraction of sp³-hybridized carbons (Fsp3) is 0.529. The lowest BCUT2D eigenvalue weighted by atomic mass is 9.94. The minimum absolute atomic E-state index is 0.182. The molecule has 0 aliphatic rings. The monoisotopic (exact) mass is 325 g/mol. The molecule has 0 heterocycles. The van der Waals surface area contributed by atoms with Crippen molar-refractivity contribution in [3.63, 3.8) is 0 Å². The highest BCUT2D eigenvalue weighted by atomic mass is 19.1. The molecule has 0 radical (unpaired) electrons. The van der Waals surface area contributed by atoms with Crippen LogP contribution >= 0.6 is 0 Å². The molecular weight excluding hydrogens is 301 g/mol. The van der Waals surface area contributed by atoms with E-state index < -0.39 is 17.7 Å². The predicted octanol–water partition coefficient (Wildman–Crippen LogP) is 3.04. The Kier molecular flexibility index (Phi) is 7.51. The molecule has 1 unspecified atom stereocenters. The van der Waals surface area contributed by atoms with Gasteiger partial charge >= 0.3 is 5.97 Å². The molecule has 0 aliphatic heterocycles. The van der Waals surface area contributed by atoms with E-state index in [9.17, 15) is 19.1 Å². The molecule has 128 valence electrons. The topological polar surface area (TPSA) is 66.8 Å². The van der Waals surface area contributed by atoms with Gasteiger partial charge in [0.25, 0.3) is 0 Å². The molecule has 6 heteroatoms. The van der Waals surface area contributed by atoms with Crippen LogP contribution in [0.4, 0.5) is 4.39 Å². The van der Waals surface area contributed by atoms with Gasteiger partial charge in [-0.15, -0.1) is 0 Å². The van der Waals surface area contributed by atoms with Gasteiger partial charge in [0.15, 0.2) is 0 Å². The summed E-state index contributed by atoms with van der Waals surface area (Å²) >= 11 is 0. The molecule has 1 amide bonds. The average Bonchev–Trinajstić information content (AvgIpc) is 2.51. The van der Waals surface area contributed by atoms with Crippen LogP contribution in [0.25, 0.3) is 0 Å². The summed E-state index contributed by atoms with van der Waals surface area (Å²) in [6.07, 6.45) is 1.38. The highest BCUT2D eigenvalue weighted by molar-refractivity contribution is 5.86. The van der Waals surface area contributed by atoms with Gasteiger partial charge in [0.2, 0.25) is 5.91 Å². The number of methoxy groups -OCH3 is 1. The third-order valence-corrected chi connectivity index (χ3v) is 3.58. The molecule has 0 fully saturated rings. The van der Waals surface area contributed by atoms with Gasteiger partial charge < -0.3 is 14.7 Å². The van der Waals surface area contributed by atoms with Gasteiger partial charge in [-0.2, -0.15) is 0 Å². The van der Waals surface area contributed by atoms with Crippen LogP contribution < -0.4 is 4.74 Å². The number of carbonyl (C=O) groups excluding carboxylic acids is 1. The number of hydrogen-bond acceptors (Lipinski definition) is 3. The molecule has 1 aromatic rings. The van der Waals surface area contributed by atoms with E-state index in [2.05, 4.69) is 0 Å². The summed E-state index contributed by atoms with van der Waals surface area (Å²) in [5.41, 5.74) is 0.182. The maximum atomic E-state index is 13.5. The summed E-state index contributed by atoms with van der Waals surface area (Å²) in [4.78, 5) is 25.7. The minimum Gasteiger partial charge on any atom is -0.496 e. The molecule has 1 N–H and O–H groups in total. The molecular formula is C17H24FNO4. The molecule has 0 spiro atoms. The smallest absolute Gasteiger partial charge is 0.311 e. The Bertz CT molecular complexity index is 541. The molecule has 0 bridgehead atoms. The molecule has 0 aromatic heterocycles. The second kappa shape index (κ2) is 9.12. The van der Waals surface area contributed by atoms with E-state index >= 15 is 0 Å². The van der Waals surface area contributed by atoms with Crippen LogP contribution in [-0.2, 0) is 9.59 Å². The normalized spacial score (nSPS) is 11.8. The zero-order chi connectivity index (χ0) is 17.4. The summed E-state index contributed by atoms with van der Waals surface area (Å²) < 4.78 is 18.6. The van der Waals surface area contributed by atoms with Crippen LogP contribution in [0.1, 0.15) is 44.6 Å². The molecule has 1 rings (SSSR count). The van der Waals surface area contributed by atoms with Gasteiger partial charge in [0.1, 0.15) is 11.6 Å². The Balaban J connectivity index is 3.06. The van der Waals surface area contributed by atoms with E-state index in [1.54, 1.807) is 4.90 Å². The first-order valence-corrected chi connectivity index (χ1v) is 7.78. The largest absolute Gasteiger partial charge is 0.496 e. The lowest BCUT2D eigenvalue weighted by Gasteiger charge is -2.24. The van der Waals surface area contributed by atoms with E-state index in [-0.39, 0.29) is 23.6 Å². The lowest BCUT2D eigenvalue weighted by Crippen LogP contribution is -2.34. The SMILES string of the molecule is CCCN(CCC)C(=O)CC(C(=O)O)c1cc(F)ccc1OC. The Labute approximate surface area is 136 Å². The fourth-order valence-electron chi connectivity index (χ4n) is 2.51. The van der Waals surface area contributed by atoms with Crippen molar-refractivity contribution in [3.05, 3.63) is 29.6 Å². The first-order chi connectivity index (χ1) is 10.9. The molecule has 0 saturated heterocycles. The second-order valence-electron chi connectivity index (χ2n) is 5.36. The van der Waals surface area contributed by atoms with Crippen LogP contribution in [0.2, 0.25) is 0 Å². The number of amides is 1. The number of aliphatic carboxylic acids is 1. The summed E-state index contributed by atoms with van der Waals surface area (Å²) in [6.45, 7) is 5.08. The van der Waals surface area contributed by atoms with Crippen molar-refractivity contribution in [2.24, 2.45) is 0 Å². The third kappa shape index (κ3) is 5.23. The van der Waals surface area contributed by atoms with Gasteiger partial charge in [-0.25, -0.2) is 4.39 Å². The Morgan fingerprint density at radius 1 is 1.26 bits per heavy atom. The fourth-order valence-corrected chi connectivity index (χ4v) is 2.51. The predicted molar refractivity (Wildman–Crippen MR) is 85.1 cm³/mol. The van der Waals surface area contributed by atoms with Gasteiger partial charge in [-0.3, -0.25) is 9.59 Å². The minimum atomic E-state index is -1.17. The lowest BCUT2D eigenvalue weighted by molar-refractivity contribution is -0.143. The summed E-state index contributed by atoms with van der Waals surface area (Å²) in [7, 11) is 1.39. The standard InChI is InChI=1S/C17H24FNO4/c1-4-8-19(9-5-2)16(20)11-14(17(21)22)13-10-12(18)6-7-15(13)23-3/h6-7,10,14H,4-5,8-9,11H2,1-3H3,(H,21,22). The van der Waals surface area contributed by atoms with E-state index in [1.165, 1.54) is 19.2 Å². The average molecular weight is 325 g/mol. The number of benzene rings is 1. The molecule has 5 nitrogen and oxygen atoms in total. The number of carboxylic acids is 1. The summed E-state index contributed by atoms with van der Waals surface area (Å²) in [5, 5.41) is 9.48. The van der Waals surface area contributed by atoms with Gasteiger partial charge in [-0.1, -0.05) is 13.8 Å². The number of rotatable bonds is 9. The second-order valence-corrected chi connectivity index (χ2v) is 5.36. The van der Waals surface area contributed by atoms with Crippen LogP contribution in [0.3, 0.4) is 0 Å². The number of hydrogen-bond donors (Lipinski definition) is 1. The number of halogens is 1. The van der Waals surface area contributed by atoms with E-state index in [0.29, 0.717) is 13.1 Å². The van der Waals surface area contributed by atoms with Crippen LogP contribution in [0.5, 0.6) is 5.75 Å². The molecule has 1 aromatic carbocycles. The number of nitrogens with zero attached hydrogens (tertiary/aromatic N) is 1. The van der Waals surface area contributed by atoms with E-state index in [4.69, 9.17) is 4.74 Å². The third-order valence-electron chi connectivity index (χ3n) is 3.58. The van der Waals surface area contributed by atoms with Gasteiger partial charge in [-0.05, 0) is 31.0 Å². The van der Waals surface area contributed by atoms with Crippen molar-refractivity contribution in [3.8, 4) is 5.75 Å². The Morgan fingerprint density at radius 2 is 1.87 bits per heavy atom. The Hall–Kier alpha value is -2.11. The maximum Gasteiger partial charge on any atom is 0.311 e. The van der Waals surface area contributed by atoms with Crippen LogP contribution in [0, 0.1) is 5.82 Å². The van der Waals surface area contributed by atoms with Crippen molar-refractivity contribution >= 4 is 11.9 Å². The number of ether oxygens (including phenoxy) is 1. The molecule has 1 atom stereocenters. The van der Waals surface area contributed by atoms with E-state index in [0.717, 1.165) is 18.9 Å². The quantitative estimate of drug-likeness (QED) is 0.758. The summed E-state index contributed by atoms with van der Waals surface area (Å²) in [5.74, 6) is -2.84. The van der Waals surface area contributed by atoms with E-state index in [1.807, 2.05) is 13.8 Å². The van der Waals surface area contributed by atoms with Gasteiger partial charge in [0.05, 0.1) is 13.0 Å². The number of carbonyl (C=O) groups is 2. The van der Waals surface area contributed by atoms with Crippen molar-refractivity contribution < 1.29 is 23.8 Å². The first kappa shape index (κ1) is 18.9. The van der Waals surface area contributed by atoms with Crippen molar-refractivity contribution in [2.75, 3.05) is 20.2 Å². The van der Waals surface area contributed by atoms with Crippen LogP contribution in [-0.4, -0.2) is 42.1 Å². The molecule has 23 heavy (non-hydrogen) atoms. The van der Waals surface area contributed by atoms with Crippen molar-refractivity contribution in [2.45, 2.75) is 39.0 Å². The molecule has 0 saturated carbocycles. The van der Waals surface area contributed by atoms with Crippen molar-refractivity contribution in [1.29, 1.82) is 0 Å².